The zero-order valence-electron chi connectivity index (χ0n) is 15.4. The Bertz CT molecular complexity index is 793. The second kappa shape index (κ2) is 6.54. The number of aldehydes is 1. The van der Waals surface area contributed by atoms with Crippen LogP contribution in [0.2, 0.25) is 0 Å². The highest BCUT2D eigenvalue weighted by atomic mass is 16.6. The summed E-state index contributed by atoms with van der Waals surface area (Å²) < 4.78 is 7.37. The molecular weight excluding hydrogens is 316 g/mol. The summed E-state index contributed by atoms with van der Waals surface area (Å²) in [7, 11) is 1.91. The summed E-state index contributed by atoms with van der Waals surface area (Å²) >= 11 is 0. The third-order valence-corrected chi connectivity index (χ3v) is 4.84. The van der Waals surface area contributed by atoms with Gasteiger partial charge in [-0.3, -0.25) is 4.79 Å². The molecule has 3 rings (SSSR count). The lowest BCUT2D eigenvalue weighted by molar-refractivity contribution is 0.0205. The highest BCUT2D eigenvalue weighted by Crippen LogP contribution is 2.31. The van der Waals surface area contributed by atoms with E-state index >= 15 is 0 Å². The van der Waals surface area contributed by atoms with E-state index in [1.807, 2.05) is 38.5 Å². The van der Waals surface area contributed by atoms with Crippen molar-refractivity contribution in [2.75, 3.05) is 13.1 Å². The molecule has 1 saturated heterocycles. The van der Waals surface area contributed by atoms with Crippen molar-refractivity contribution in [3.8, 4) is 0 Å². The van der Waals surface area contributed by atoms with Gasteiger partial charge in [-0.1, -0.05) is 6.07 Å². The molecule has 0 unspecified atom stereocenters. The van der Waals surface area contributed by atoms with E-state index in [0.29, 0.717) is 24.7 Å². The number of hydrogen-bond acceptors (Lipinski definition) is 3. The lowest BCUT2D eigenvalue weighted by Gasteiger charge is -2.33. The maximum Gasteiger partial charge on any atom is 0.410 e. The molecule has 1 aromatic heterocycles. The zero-order valence-corrected chi connectivity index (χ0v) is 15.4. The maximum atomic E-state index is 12.2. The van der Waals surface area contributed by atoms with E-state index in [1.54, 1.807) is 4.90 Å². The monoisotopic (exact) mass is 342 g/mol. The van der Waals surface area contributed by atoms with Gasteiger partial charge in [-0.15, -0.1) is 0 Å². The van der Waals surface area contributed by atoms with Crippen LogP contribution >= 0.6 is 0 Å². The molecule has 1 aliphatic rings. The average Bonchev–Trinajstić information content (AvgIpc) is 2.89. The van der Waals surface area contributed by atoms with Gasteiger partial charge in [0.15, 0.2) is 6.29 Å². The Morgan fingerprint density at radius 3 is 2.48 bits per heavy atom. The van der Waals surface area contributed by atoms with Crippen molar-refractivity contribution in [1.29, 1.82) is 0 Å². The van der Waals surface area contributed by atoms with E-state index in [-0.39, 0.29) is 6.09 Å². The molecule has 25 heavy (non-hydrogen) atoms. The van der Waals surface area contributed by atoms with Crippen LogP contribution in [0.15, 0.2) is 24.3 Å². The number of likely N-dealkylation sites (tertiary alicyclic amines) is 1. The van der Waals surface area contributed by atoms with Crippen molar-refractivity contribution < 1.29 is 14.3 Å². The van der Waals surface area contributed by atoms with Gasteiger partial charge in [0.1, 0.15) is 5.60 Å². The molecule has 5 nitrogen and oxygen atoms in total. The second-order valence-electron chi connectivity index (χ2n) is 7.81. The molecule has 1 aliphatic heterocycles. The van der Waals surface area contributed by atoms with E-state index in [0.717, 1.165) is 30.0 Å². The molecule has 2 aromatic rings. The quantitative estimate of drug-likeness (QED) is 0.772. The Morgan fingerprint density at radius 2 is 1.88 bits per heavy atom. The van der Waals surface area contributed by atoms with Gasteiger partial charge in [0.25, 0.3) is 0 Å². The molecule has 0 saturated carbocycles. The van der Waals surface area contributed by atoms with E-state index < -0.39 is 5.60 Å². The molecule has 5 heteroatoms. The summed E-state index contributed by atoms with van der Waals surface area (Å²) in [5, 5.41) is 1.09. The van der Waals surface area contributed by atoms with E-state index in [1.165, 1.54) is 5.56 Å². The predicted molar refractivity (Wildman–Crippen MR) is 98.1 cm³/mol. The van der Waals surface area contributed by atoms with Gasteiger partial charge in [0.2, 0.25) is 0 Å². The van der Waals surface area contributed by atoms with Gasteiger partial charge >= 0.3 is 6.09 Å². The Labute approximate surface area is 148 Å². The van der Waals surface area contributed by atoms with Crippen molar-refractivity contribution in [2.45, 2.75) is 45.1 Å². The van der Waals surface area contributed by atoms with Crippen molar-refractivity contribution in [2.24, 2.45) is 7.05 Å². The molecule has 0 atom stereocenters. The molecule has 1 amide bonds. The Hall–Kier alpha value is -2.30. The van der Waals surface area contributed by atoms with Gasteiger partial charge in [0.05, 0.1) is 5.69 Å². The lowest BCUT2D eigenvalue weighted by Crippen LogP contribution is -2.41. The van der Waals surface area contributed by atoms with Crippen molar-refractivity contribution >= 4 is 23.3 Å². The summed E-state index contributed by atoms with van der Waals surface area (Å²) in [5.41, 5.74) is 2.58. The SMILES string of the molecule is Cn1c(C=O)cc2cc(C3CCN(C(=O)OC(C)(C)C)CC3)ccc21. The Kier molecular flexibility index (Phi) is 4.58. The molecule has 0 bridgehead atoms. The molecule has 0 aliphatic carbocycles. The van der Waals surface area contributed by atoms with Crippen LogP contribution in [0.3, 0.4) is 0 Å². The van der Waals surface area contributed by atoms with Crippen LogP contribution in [0.5, 0.6) is 0 Å². The number of ether oxygens (including phenoxy) is 1. The first-order valence-corrected chi connectivity index (χ1v) is 8.81. The molecule has 2 heterocycles. The van der Waals surface area contributed by atoms with Crippen LogP contribution in [0.25, 0.3) is 10.9 Å². The highest BCUT2D eigenvalue weighted by Gasteiger charge is 2.27. The Balaban J connectivity index is 1.69. The summed E-state index contributed by atoms with van der Waals surface area (Å²) in [6.45, 7) is 7.10. The zero-order chi connectivity index (χ0) is 18.2. The molecule has 1 aromatic carbocycles. The van der Waals surface area contributed by atoms with E-state index in [9.17, 15) is 9.59 Å². The van der Waals surface area contributed by atoms with Crippen LogP contribution in [0.4, 0.5) is 4.79 Å². The summed E-state index contributed by atoms with van der Waals surface area (Å²) in [6, 6.07) is 8.33. The van der Waals surface area contributed by atoms with Gasteiger partial charge in [0, 0.05) is 31.0 Å². The fourth-order valence-electron chi connectivity index (χ4n) is 3.48. The summed E-state index contributed by atoms with van der Waals surface area (Å²) in [4.78, 5) is 25.1. The number of rotatable bonds is 2. The van der Waals surface area contributed by atoms with Crippen molar-refractivity contribution in [3.63, 3.8) is 0 Å². The molecular formula is C20H26N2O3. The molecule has 0 radical (unpaired) electrons. The predicted octanol–water partition coefficient (Wildman–Crippen LogP) is 4.11. The maximum absolute atomic E-state index is 12.2. The first-order chi connectivity index (χ1) is 11.8. The van der Waals surface area contributed by atoms with Gasteiger partial charge < -0.3 is 14.2 Å². The largest absolute Gasteiger partial charge is 0.444 e. The van der Waals surface area contributed by atoms with Gasteiger partial charge in [-0.05, 0) is 63.3 Å². The summed E-state index contributed by atoms with van der Waals surface area (Å²) in [5.74, 6) is 0.433. The highest BCUT2D eigenvalue weighted by molar-refractivity contribution is 5.89. The lowest BCUT2D eigenvalue weighted by atomic mass is 9.89. The van der Waals surface area contributed by atoms with Gasteiger partial charge in [-0.2, -0.15) is 0 Å². The van der Waals surface area contributed by atoms with Crippen LogP contribution < -0.4 is 0 Å². The minimum atomic E-state index is -0.456. The minimum absolute atomic E-state index is 0.222. The molecule has 0 N–H and O–H groups in total. The molecule has 134 valence electrons. The van der Waals surface area contributed by atoms with Crippen LogP contribution in [-0.2, 0) is 11.8 Å². The fourth-order valence-corrected chi connectivity index (χ4v) is 3.48. The summed E-state index contributed by atoms with van der Waals surface area (Å²) in [6.07, 6.45) is 2.52. The first-order valence-electron chi connectivity index (χ1n) is 8.81. The number of aromatic nitrogens is 1. The van der Waals surface area contributed by atoms with Crippen LogP contribution in [0, 0.1) is 0 Å². The standard InChI is InChI=1S/C20H26N2O3/c1-20(2,3)25-19(24)22-9-7-14(8-10-22)15-5-6-18-16(11-15)12-17(13-23)21(18)4/h5-6,11-14H,7-10H2,1-4H3. The first kappa shape index (κ1) is 17.5. The topological polar surface area (TPSA) is 51.5 Å². The van der Waals surface area contributed by atoms with E-state index in [2.05, 4.69) is 18.2 Å². The Morgan fingerprint density at radius 1 is 1.20 bits per heavy atom. The normalized spacial score (nSPS) is 16.2. The molecule has 0 spiro atoms. The number of hydrogen-bond donors (Lipinski definition) is 0. The number of piperidine rings is 1. The van der Waals surface area contributed by atoms with Crippen LogP contribution in [-0.4, -0.2) is 40.5 Å². The molecule has 1 fully saturated rings. The number of benzene rings is 1. The smallest absolute Gasteiger partial charge is 0.410 e. The number of carbonyl (C=O) groups excluding carboxylic acids is 2. The van der Waals surface area contributed by atoms with E-state index in [4.69, 9.17) is 4.74 Å². The van der Waals surface area contributed by atoms with Gasteiger partial charge in [-0.25, -0.2) is 4.79 Å². The van der Waals surface area contributed by atoms with Crippen LogP contribution in [0.1, 0.15) is 55.6 Å². The van der Waals surface area contributed by atoms with Crippen molar-refractivity contribution in [1.82, 2.24) is 9.47 Å². The number of fused-ring (bicyclic) bond motifs is 1. The fraction of sp³-hybridized carbons (Fsp3) is 0.500. The minimum Gasteiger partial charge on any atom is -0.444 e. The van der Waals surface area contributed by atoms with Crippen molar-refractivity contribution in [3.05, 3.63) is 35.5 Å². The third kappa shape index (κ3) is 3.70. The number of nitrogens with zero attached hydrogens (tertiary/aromatic N) is 2. The number of carbonyl (C=O) groups is 2. The third-order valence-electron chi connectivity index (χ3n) is 4.84. The average molecular weight is 342 g/mol. The number of amides is 1. The second-order valence-corrected chi connectivity index (χ2v) is 7.81. The number of aryl methyl sites for hydroxylation is 1.